The second-order valence-electron chi connectivity index (χ2n) is 5.15. The summed E-state index contributed by atoms with van der Waals surface area (Å²) in [6, 6.07) is 3.70. The van der Waals surface area contributed by atoms with Gasteiger partial charge in [-0.1, -0.05) is 22.7 Å². The molecule has 0 aliphatic rings. The highest BCUT2D eigenvalue weighted by Crippen LogP contribution is 2.32. The number of amides is 2. The second kappa shape index (κ2) is 9.06. The van der Waals surface area contributed by atoms with Crippen LogP contribution in [0, 0.1) is 13.8 Å². The van der Waals surface area contributed by atoms with Crippen molar-refractivity contribution in [2.45, 2.75) is 27.7 Å². The van der Waals surface area contributed by atoms with Crippen LogP contribution < -0.4 is 10.6 Å². The molecule has 2 N–H and O–H groups in total. The molecule has 10 heteroatoms. The van der Waals surface area contributed by atoms with Crippen LogP contribution in [0.3, 0.4) is 0 Å². The molecule has 0 saturated heterocycles. The second-order valence-corrected chi connectivity index (χ2v) is 8.47. The average Bonchev–Trinajstić information content (AvgIpc) is 3.21. The number of nitrogens with one attached hydrogen (secondary N) is 2. The molecular weight excluding hydrogens is 440 g/mol. The topological polar surface area (TPSA) is 97.1 Å². The first kappa shape index (κ1) is 20.3. The smallest absolute Gasteiger partial charge is 0.223 e. The quantitative estimate of drug-likeness (QED) is 0.587. The number of rotatable bonds is 3. The molecule has 0 aliphatic heterocycles. The predicted molar refractivity (Wildman–Crippen MR) is 108 cm³/mol. The fourth-order valence-corrected chi connectivity index (χ4v) is 4.09. The van der Waals surface area contributed by atoms with Gasteiger partial charge in [-0.25, -0.2) is 9.97 Å². The fourth-order valence-electron chi connectivity index (χ4n) is 1.82. The highest BCUT2D eigenvalue weighted by atomic mass is 79.9. The lowest BCUT2D eigenvalue weighted by Crippen LogP contribution is -2.04. The van der Waals surface area contributed by atoms with Gasteiger partial charge in [0.05, 0.1) is 26.3 Å². The first-order valence-corrected chi connectivity index (χ1v) is 9.88. The normalized spacial score (nSPS) is 10.0. The van der Waals surface area contributed by atoms with Gasteiger partial charge in [-0.3, -0.25) is 9.59 Å². The SMILES string of the molecule is CC(=O)Nc1nc(C)c(-c2ccco2)s1.CC(=O)Nc1nc(C)c(Br)s1. The zero-order valence-electron chi connectivity index (χ0n) is 14.5. The molecule has 0 spiro atoms. The van der Waals surface area contributed by atoms with E-state index in [1.165, 1.54) is 36.5 Å². The van der Waals surface area contributed by atoms with Crippen LogP contribution in [-0.2, 0) is 9.59 Å². The molecule has 0 radical (unpaired) electrons. The minimum atomic E-state index is -0.116. The van der Waals surface area contributed by atoms with Crippen molar-refractivity contribution in [2.24, 2.45) is 0 Å². The Kier molecular flexibility index (Phi) is 7.06. The van der Waals surface area contributed by atoms with Crippen molar-refractivity contribution in [3.63, 3.8) is 0 Å². The summed E-state index contributed by atoms with van der Waals surface area (Å²) in [4.78, 5) is 30.7. The first-order valence-electron chi connectivity index (χ1n) is 7.45. The van der Waals surface area contributed by atoms with Gasteiger partial charge in [-0.05, 0) is 41.9 Å². The van der Waals surface area contributed by atoms with Crippen LogP contribution in [0.15, 0.2) is 26.6 Å². The Morgan fingerprint density at radius 3 is 2.08 bits per heavy atom. The fraction of sp³-hybridized carbons (Fsp3) is 0.250. The highest BCUT2D eigenvalue weighted by Gasteiger charge is 2.12. The van der Waals surface area contributed by atoms with Gasteiger partial charge in [-0.2, -0.15) is 0 Å². The van der Waals surface area contributed by atoms with Crippen molar-refractivity contribution in [2.75, 3.05) is 10.6 Å². The lowest BCUT2D eigenvalue weighted by atomic mass is 10.3. The average molecular weight is 457 g/mol. The molecule has 3 aromatic rings. The van der Waals surface area contributed by atoms with E-state index in [4.69, 9.17) is 4.42 Å². The summed E-state index contributed by atoms with van der Waals surface area (Å²) in [6.45, 7) is 6.69. The maximum atomic E-state index is 10.9. The van der Waals surface area contributed by atoms with E-state index in [0.717, 1.165) is 25.8 Å². The van der Waals surface area contributed by atoms with E-state index in [1.807, 2.05) is 26.0 Å². The van der Waals surface area contributed by atoms with Crippen molar-refractivity contribution in [1.29, 1.82) is 0 Å². The molecule has 0 aromatic carbocycles. The molecule has 138 valence electrons. The lowest BCUT2D eigenvalue weighted by molar-refractivity contribution is -0.115. The molecule has 7 nitrogen and oxygen atoms in total. The van der Waals surface area contributed by atoms with E-state index in [1.54, 1.807) is 6.26 Å². The van der Waals surface area contributed by atoms with Crippen LogP contribution in [0.5, 0.6) is 0 Å². The Morgan fingerprint density at radius 2 is 1.62 bits per heavy atom. The largest absolute Gasteiger partial charge is 0.463 e. The Bertz CT molecular complexity index is 883. The van der Waals surface area contributed by atoms with E-state index in [9.17, 15) is 9.59 Å². The molecule has 0 fully saturated rings. The summed E-state index contributed by atoms with van der Waals surface area (Å²) >= 11 is 6.14. The number of hydrogen-bond donors (Lipinski definition) is 2. The minimum absolute atomic E-state index is 0.0914. The Morgan fingerprint density at radius 1 is 1.04 bits per heavy atom. The van der Waals surface area contributed by atoms with E-state index in [-0.39, 0.29) is 11.8 Å². The summed E-state index contributed by atoms with van der Waals surface area (Å²) in [6.07, 6.45) is 1.62. The Labute approximate surface area is 167 Å². The molecule has 0 bridgehead atoms. The molecule has 3 aromatic heterocycles. The number of carbonyl (C=O) groups is 2. The molecule has 0 saturated carbocycles. The van der Waals surface area contributed by atoms with E-state index in [2.05, 4.69) is 36.5 Å². The molecule has 26 heavy (non-hydrogen) atoms. The van der Waals surface area contributed by atoms with Gasteiger partial charge in [-0.15, -0.1) is 0 Å². The molecular formula is C16H17BrN4O3S2. The van der Waals surface area contributed by atoms with Gasteiger partial charge < -0.3 is 15.1 Å². The molecule has 3 heterocycles. The molecule has 0 aliphatic carbocycles. The van der Waals surface area contributed by atoms with Gasteiger partial charge in [0.2, 0.25) is 11.8 Å². The number of aryl methyl sites for hydroxylation is 2. The maximum absolute atomic E-state index is 10.9. The third-order valence-electron chi connectivity index (χ3n) is 2.85. The lowest BCUT2D eigenvalue weighted by Gasteiger charge is -1.92. The maximum Gasteiger partial charge on any atom is 0.223 e. The summed E-state index contributed by atoms with van der Waals surface area (Å²) in [5.74, 6) is 0.572. The van der Waals surface area contributed by atoms with E-state index >= 15 is 0 Å². The zero-order valence-corrected chi connectivity index (χ0v) is 17.8. The predicted octanol–water partition coefficient (Wildman–Crippen LogP) is 4.84. The van der Waals surface area contributed by atoms with Crippen LogP contribution in [0.25, 0.3) is 10.6 Å². The van der Waals surface area contributed by atoms with Crippen LogP contribution in [0.2, 0.25) is 0 Å². The number of halogens is 1. The van der Waals surface area contributed by atoms with Crippen molar-refractivity contribution < 1.29 is 14.0 Å². The standard InChI is InChI=1S/C10H10N2O2S.C6H7BrN2OS/c1-6-9(8-4-3-5-14-8)15-10(11-6)12-7(2)13;1-3-5(7)11-6(8-3)9-4(2)10/h3-5H,1-2H3,(H,11,12,13);1-2H3,(H,8,9,10). The molecule has 0 atom stereocenters. The van der Waals surface area contributed by atoms with Crippen molar-refractivity contribution >= 4 is 60.7 Å². The number of aromatic nitrogens is 2. The Hall–Kier alpha value is -2.04. The van der Waals surface area contributed by atoms with E-state index < -0.39 is 0 Å². The number of thiazole rings is 2. The third-order valence-corrected chi connectivity index (χ3v) is 5.86. The summed E-state index contributed by atoms with van der Waals surface area (Å²) in [7, 11) is 0. The molecule has 3 rings (SSSR count). The monoisotopic (exact) mass is 456 g/mol. The van der Waals surface area contributed by atoms with Gasteiger partial charge in [0.1, 0.15) is 5.76 Å². The summed E-state index contributed by atoms with van der Waals surface area (Å²) < 4.78 is 6.24. The number of anilines is 2. The van der Waals surface area contributed by atoms with Crippen molar-refractivity contribution in [3.05, 3.63) is 33.6 Å². The van der Waals surface area contributed by atoms with Crippen LogP contribution >= 0.6 is 38.6 Å². The van der Waals surface area contributed by atoms with Crippen molar-refractivity contribution in [3.8, 4) is 10.6 Å². The first-order chi connectivity index (χ1) is 12.3. The number of nitrogens with zero attached hydrogens (tertiary/aromatic N) is 2. The van der Waals surface area contributed by atoms with Crippen LogP contribution in [-0.4, -0.2) is 21.8 Å². The Balaban J connectivity index is 0.000000197. The minimum Gasteiger partial charge on any atom is -0.463 e. The number of hydrogen-bond acceptors (Lipinski definition) is 7. The van der Waals surface area contributed by atoms with Gasteiger partial charge >= 0.3 is 0 Å². The molecule has 2 amide bonds. The van der Waals surface area contributed by atoms with Crippen LogP contribution in [0.1, 0.15) is 25.2 Å². The van der Waals surface area contributed by atoms with Gasteiger partial charge in [0, 0.05) is 13.8 Å². The van der Waals surface area contributed by atoms with Crippen LogP contribution in [0.4, 0.5) is 10.3 Å². The highest BCUT2D eigenvalue weighted by molar-refractivity contribution is 9.11. The molecule has 0 unspecified atom stereocenters. The van der Waals surface area contributed by atoms with Crippen molar-refractivity contribution in [1.82, 2.24) is 9.97 Å². The van der Waals surface area contributed by atoms with Gasteiger partial charge in [0.15, 0.2) is 10.3 Å². The summed E-state index contributed by atoms with van der Waals surface area (Å²) in [5.41, 5.74) is 1.76. The third kappa shape index (κ3) is 5.75. The number of furan rings is 1. The number of carbonyl (C=O) groups excluding carboxylic acids is 2. The zero-order chi connectivity index (χ0) is 19.3. The van der Waals surface area contributed by atoms with Gasteiger partial charge in [0.25, 0.3) is 0 Å². The van der Waals surface area contributed by atoms with E-state index in [0.29, 0.717) is 10.3 Å². The summed E-state index contributed by atoms with van der Waals surface area (Å²) in [5, 5.41) is 6.50.